The number of aromatic nitrogens is 1. The Hall–Kier alpha value is -2.01. The van der Waals surface area contributed by atoms with Gasteiger partial charge >= 0.3 is 0 Å². The van der Waals surface area contributed by atoms with Gasteiger partial charge in [0.15, 0.2) is 6.61 Å². The molecule has 22 heavy (non-hydrogen) atoms. The van der Waals surface area contributed by atoms with E-state index in [4.69, 9.17) is 10.5 Å². The van der Waals surface area contributed by atoms with Gasteiger partial charge in [-0.2, -0.15) is 0 Å². The lowest BCUT2D eigenvalue weighted by Crippen LogP contribution is -2.34. The lowest BCUT2D eigenvalue weighted by Gasteiger charge is -2.18. The van der Waals surface area contributed by atoms with Crippen molar-refractivity contribution >= 4 is 16.8 Å². The van der Waals surface area contributed by atoms with Crippen LogP contribution in [0.3, 0.4) is 0 Å². The molecule has 2 aromatic rings. The Balaban J connectivity index is 2.15. The molecule has 0 aliphatic rings. The Morgan fingerprint density at radius 3 is 2.73 bits per heavy atom. The largest absolute Gasteiger partial charge is 0.482 e. The summed E-state index contributed by atoms with van der Waals surface area (Å²) in [6.07, 6.45) is 2.77. The van der Waals surface area contributed by atoms with Crippen LogP contribution in [0.15, 0.2) is 24.4 Å². The van der Waals surface area contributed by atoms with Crippen molar-refractivity contribution in [2.45, 2.75) is 33.2 Å². The SMILES string of the molecule is CCN(CC)C(=O)COc1cccc2c(CC(C)N)c[nH]c12. The molecule has 0 spiro atoms. The monoisotopic (exact) mass is 303 g/mol. The van der Waals surface area contributed by atoms with Crippen LogP contribution in [-0.4, -0.2) is 41.5 Å². The van der Waals surface area contributed by atoms with E-state index in [9.17, 15) is 4.79 Å². The number of benzene rings is 1. The molecule has 0 bridgehead atoms. The number of nitrogens with one attached hydrogen (secondary N) is 1. The summed E-state index contributed by atoms with van der Waals surface area (Å²) in [6.45, 7) is 7.37. The number of hydrogen-bond acceptors (Lipinski definition) is 3. The first-order valence-corrected chi connectivity index (χ1v) is 7.81. The van der Waals surface area contributed by atoms with E-state index in [0.29, 0.717) is 18.8 Å². The van der Waals surface area contributed by atoms with Gasteiger partial charge in [0.25, 0.3) is 5.91 Å². The Morgan fingerprint density at radius 1 is 1.36 bits per heavy atom. The average molecular weight is 303 g/mol. The predicted molar refractivity (Wildman–Crippen MR) is 89.1 cm³/mol. The number of hydrogen-bond donors (Lipinski definition) is 2. The lowest BCUT2D eigenvalue weighted by molar-refractivity contribution is -0.132. The van der Waals surface area contributed by atoms with E-state index in [0.717, 1.165) is 17.3 Å². The highest BCUT2D eigenvalue weighted by Crippen LogP contribution is 2.27. The van der Waals surface area contributed by atoms with Crippen molar-refractivity contribution in [2.24, 2.45) is 5.73 Å². The van der Waals surface area contributed by atoms with Crippen molar-refractivity contribution in [1.29, 1.82) is 0 Å². The van der Waals surface area contributed by atoms with Crippen LogP contribution in [0.1, 0.15) is 26.3 Å². The molecule has 5 nitrogen and oxygen atoms in total. The molecule has 5 heteroatoms. The van der Waals surface area contributed by atoms with Crippen molar-refractivity contribution in [3.8, 4) is 5.75 Å². The van der Waals surface area contributed by atoms with Gasteiger partial charge in [-0.15, -0.1) is 0 Å². The number of nitrogens with two attached hydrogens (primary N) is 1. The molecule has 1 unspecified atom stereocenters. The molecule has 0 fully saturated rings. The summed E-state index contributed by atoms with van der Waals surface area (Å²) in [7, 11) is 0. The third-order valence-electron chi connectivity index (χ3n) is 3.77. The van der Waals surface area contributed by atoms with E-state index in [1.807, 2.05) is 45.2 Å². The topological polar surface area (TPSA) is 71.3 Å². The van der Waals surface area contributed by atoms with E-state index in [1.165, 1.54) is 5.56 Å². The molecule has 0 aliphatic heterocycles. The number of amides is 1. The van der Waals surface area contributed by atoms with Gasteiger partial charge in [-0.1, -0.05) is 12.1 Å². The number of fused-ring (bicyclic) bond motifs is 1. The van der Waals surface area contributed by atoms with E-state index in [-0.39, 0.29) is 18.6 Å². The maximum atomic E-state index is 12.0. The van der Waals surface area contributed by atoms with Crippen LogP contribution in [0.4, 0.5) is 0 Å². The Morgan fingerprint density at radius 2 is 2.09 bits per heavy atom. The number of carbonyl (C=O) groups excluding carboxylic acids is 1. The Labute approximate surface area is 131 Å². The van der Waals surface area contributed by atoms with Crippen LogP contribution in [0.25, 0.3) is 10.9 Å². The summed E-state index contributed by atoms with van der Waals surface area (Å²) < 4.78 is 5.73. The lowest BCUT2D eigenvalue weighted by atomic mass is 10.1. The molecule has 0 saturated heterocycles. The van der Waals surface area contributed by atoms with Crippen molar-refractivity contribution < 1.29 is 9.53 Å². The maximum absolute atomic E-state index is 12.0. The molecule has 2 rings (SSSR count). The zero-order valence-corrected chi connectivity index (χ0v) is 13.6. The summed E-state index contributed by atoms with van der Waals surface area (Å²) in [5, 5.41) is 1.10. The zero-order chi connectivity index (χ0) is 16.1. The van der Waals surface area contributed by atoms with E-state index in [1.54, 1.807) is 4.90 Å². The van der Waals surface area contributed by atoms with Crippen molar-refractivity contribution in [1.82, 2.24) is 9.88 Å². The molecule has 1 atom stereocenters. The van der Waals surface area contributed by atoms with Crippen LogP contribution < -0.4 is 10.5 Å². The molecule has 3 N–H and O–H groups in total. The predicted octanol–water partition coefficient (Wildman–Crippen LogP) is 2.30. The first-order chi connectivity index (χ1) is 10.6. The molecule has 1 amide bonds. The maximum Gasteiger partial charge on any atom is 0.260 e. The molecule has 0 saturated carbocycles. The van der Waals surface area contributed by atoms with Gasteiger partial charge in [0.2, 0.25) is 0 Å². The third-order valence-corrected chi connectivity index (χ3v) is 3.77. The van der Waals surface area contributed by atoms with Gasteiger partial charge < -0.3 is 20.4 Å². The van der Waals surface area contributed by atoms with Crippen LogP contribution in [-0.2, 0) is 11.2 Å². The number of rotatable bonds is 7. The number of likely N-dealkylation sites (N-methyl/N-ethyl adjacent to an activating group) is 1. The highest BCUT2D eigenvalue weighted by Gasteiger charge is 2.13. The summed E-state index contributed by atoms with van der Waals surface area (Å²) in [4.78, 5) is 17.0. The van der Waals surface area contributed by atoms with Gasteiger partial charge in [-0.3, -0.25) is 4.79 Å². The number of H-pyrrole nitrogens is 1. The molecule has 1 aromatic carbocycles. The summed E-state index contributed by atoms with van der Waals surface area (Å²) >= 11 is 0. The fourth-order valence-electron chi connectivity index (χ4n) is 2.63. The van der Waals surface area contributed by atoms with E-state index < -0.39 is 0 Å². The molecule has 1 aromatic heterocycles. The average Bonchev–Trinajstić information content (AvgIpc) is 2.89. The number of nitrogens with zero attached hydrogens (tertiary/aromatic N) is 1. The number of carbonyl (C=O) groups is 1. The number of aromatic amines is 1. The van der Waals surface area contributed by atoms with Gasteiger partial charge in [0.05, 0.1) is 5.52 Å². The van der Waals surface area contributed by atoms with Gasteiger partial charge in [0, 0.05) is 30.7 Å². The standard InChI is InChI=1S/C17H25N3O2/c1-4-20(5-2)16(21)11-22-15-8-6-7-14-13(9-12(3)18)10-19-17(14)15/h6-8,10,12,19H,4-5,9,11,18H2,1-3H3. The number of ether oxygens (including phenoxy) is 1. The van der Waals surface area contributed by atoms with Crippen LogP contribution in [0, 0.1) is 0 Å². The smallest absolute Gasteiger partial charge is 0.260 e. The molecule has 0 aliphatic carbocycles. The number of para-hydroxylation sites is 1. The van der Waals surface area contributed by atoms with Crippen LogP contribution in [0.2, 0.25) is 0 Å². The Bertz CT molecular complexity index is 630. The second-order valence-corrected chi connectivity index (χ2v) is 5.53. The summed E-state index contributed by atoms with van der Waals surface area (Å²) in [5.41, 5.74) is 7.97. The second kappa shape index (κ2) is 7.31. The molecule has 0 radical (unpaired) electrons. The highest BCUT2D eigenvalue weighted by atomic mass is 16.5. The first-order valence-electron chi connectivity index (χ1n) is 7.81. The summed E-state index contributed by atoms with van der Waals surface area (Å²) in [5.74, 6) is 0.707. The molecule has 120 valence electrons. The molecular formula is C17H25N3O2. The van der Waals surface area contributed by atoms with Crippen molar-refractivity contribution in [2.75, 3.05) is 19.7 Å². The fourth-order valence-corrected chi connectivity index (χ4v) is 2.63. The van der Waals surface area contributed by atoms with E-state index in [2.05, 4.69) is 4.98 Å². The fraction of sp³-hybridized carbons (Fsp3) is 0.471. The molecule has 1 heterocycles. The second-order valence-electron chi connectivity index (χ2n) is 5.53. The van der Waals surface area contributed by atoms with E-state index >= 15 is 0 Å². The van der Waals surface area contributed by atoms with Crippen LogP contribution >= 0.6 is 0 Å². The zero-order valence-electron chi connectivity index (χ0n) is 13.6. The quantitative estimate of drug-likeness (QED) is 0.824. The van der Waals surface area contributed by atoms with Gasteiger partial charge in [0.1, 0.15) is 5.75 Å². The van der Waals surface area contributed by atoms with Crippen LogP contribution in [0.5, 0.6) is 5.75 Å². The highest BCUT2D eigenvalue weighted by molar-refractivity contribution is 5.88. The van der Waals surface area contributed by atoms with Gasteiger partial charge in [-0.25, -0.2) is 0 Å². The van der Waals surface area contributed by atoms with Gasteiger partial charge in [-0.05, 0) is 38.8 Å². The third kappa shape index (κ3) is 3.60. The minimum Gasteiger partial charge on any atom is -0.482 e. The summed E-state index contributed by atoms with van der Waals surface area (Å²) in [6, 6.07) is 5.97. The first kappa shape index (κ1) is 16.4. The minimum absolute atomic E-state index is 0.00404. The van der Waals surface area contributed by atoms with Crippen molar-refractivity contribution in [3.05, 3.63) is 30.0 Å². The normalized spacial score (nSPS) is 12.4. The Kier molecular flexibility index (Phi) is 5.44. The minimum atomic E-state index is 0.00404. The van der Waals surface area contributed by atoms with Crippen molar-refractivity contribution in [3.63, 3.8) is 0 Å². The molecular weight excluding hydrogens is 278 g/mol.